The Kier molecular flexibility index (Phi) is 6.82. The third kappa shape index (κ3) is 5.22. The molecule has 1 aliphatic rings. The van der Waals surface area contributed by atoms with Gasteiger partial charge in [0.25, 0.3) is 5.91 Å². The van der Waals surface area contributed by atoms with E-state index in [1.54, 1.807) is 36.5 Å². The minimum Gasteiger partial charge on any atom is -0.343 e. The largest absolute Gasteiger partial charge is 0.343 e. The molecule has 4 aromatic rings. The average molecular weight is 507 g/mol. The molecule has 9 heteroatoms. The van der Waals surface area contributed by atoms with Crippen LogP contribution in [-0.4, -0.2) is 46.1 Å². The summed E-state index contributed by atoms with van der Waals surface area (Å²) in [6.07, 6.45) is 1.81. The molecule has 1 aromatic heterocycles. The Hall–Kier alpha value is -5.05. The Morgan fingerprint density at radius 1 is 0.974 bits per heavy atom. The van der Waals surface area contributed by atoms with Gasteiger partial charge in [-0.05, 0) is 37.6 Å². The fraction of sp³-hybridized carbons (Fsp3) is 0.138. The zero-order valence-electron chi connectivity index (χ0n) is 20.9. The summed E-state index contributed by atoms with van der Waals surface area (Å²) in [7, 11) is 0. The first-order valence-corrected chi connectivity index (χ1v) is 12.1. The summed E-state index contributed by atoms with van der Waals surface area (Å²) >= 11 is 0. The summed E-state index contributed by atoms with van der Waals surface area (Å²) < 4.78 is 0. The van der Waals surface area contributed by atoms with Crippen LogP contribution in [0, 0.1) is 13.8 Å². The molecule has 0 bridgehead atoms. The standard InChI is InChI=1S/C29H26N6O3/c1-18-10-12-20(13-11-18)25(36)16-35-24-9-4-3-8-22(24)26(23-15-30-17-31-23)33-27(28(35)37)34-29(38)32-21-7-5-6-19(2)14-21/h3-15,17,27H,16H2,1-2H3,(H,30,31)(H2,32,34,38). The minimum absolute atomic E-state index is 0.220. The first kappa shape index (κ1) is 24.6. The number of urea groups is 1. The molecule has 0 saturated carbocycles. The summed E-state index contributed by atoms with van der Waals surface area (Å²) in [5.41, 5.74) is 5.22. The van der Waals surface area contributed by atoms with Gasteiger partial charge in [-0.1, -0.05) is 60.2 Å². The first-order valence-electron chi connectivity index (χ1n) is 12.1. The Balaban J connectivity index is 1.51. The first-order chi connectivity index (χ1) is 18.4. The van der Waals surface area contributed by atoms with Crippen molar-refractivity contribution in [3.05, 3.63) is 113 Å². The summed E-state index contributed by atoms with van der Waals surface area (Å²) in [4.78, 5) is 53.2. The number of nitrogens with one attached hydrogen (secondary N) is 3. The van der Waals surface area contributed by atoms with E-state index >= 15 is 0 Å². The van der Waals surface area contributed by atoms with Crippen LogP contribution in [0.2, 0.25) is 0 Å². The maximum Gasteiger partial charge on any atom is 0.321 e. The van der Waals surface area contributed by atoms with Crippen molar-refractivity contribution in [2.24, 2.45) is 4.99 Å². The van der Waals surface area contributed by atoms with E-state index in [9.17, 15) is 14.4 Å². The SMILES string of the molecule is Cc1ccc(C(=O)CN2C(=O)C(NC(=O)Nc3cccc(C)c3)N=C(c3cnc[nH]3)c3ccccc32)cc1. The van der Waals surface area contributed by atoms with E-state index < -0.39 is 18.1 Å². The second-order valence-electron chi connectivity index (χ2n) is 9.04. The number of ketones is 1. The van der Waals surface area contributed by atoms with E-state index in [0.717, 1.165) is 11.1 Å². The van der Waals surface area contributed by atoms with Crippen LogP contribution in [-0.2, 0) is 4.79 Å². The van der Waals surface area contributed by atoms with Crippen LogP contribution < -0.4 is 15.5 Å². The number of hydrogen-bond acceptors (Lipinski definition) is 5. The molecule has 1 atom stereocenters. The summed E-state index contributed by atoms with van der Waals surface area (Å²) in [5.74, 6) is -0.770. The number of H-pyrrole nitrogens is 1. The smallest absolute Gasteiger partial charge is 0.321 e. The predicted octanol–water partition coefficient (Wildman–Crippen LogP) is 4.24. The highest BCUT2D eigenvalue weighted by Crippen LogP contribution is 2.28. The van der Waals surface area contributed by atoms with Gasteiger partial charge in [-0.2, -0.15) is 0 Å². The Labute approximate surface area is 219 Å². The van der Waals surface area contributed by atoms with E-state index in [4.69, 9.17) is 0 Å². The molecule has 5 rings (SSSR count). The minimum atomic E-state index is -1.30. The molecule has 1 unspecified atom stereocenters. The molecule has 3 N–H and O–H groups in total. The average Bonchev–Trinajstić information content (AvgIpc) is 3.41. The van der Waals surface area contributed by atoms with Crippen molar-refractivity contribution < 1.29 is 14.4 Å². The topological polar surface area (TPSA) is 120 Å². The van der Waals surface area contributed by atoms with Gasteiger partial charge in [-0.15, -0.1) is 0 Å². The van der Waals surface area contributed by atoms with Gasteiger partial charge < -0.3 is 20.5 Å². The lowest BCUT2D eigenvalue weighted by molar-refractivity contribution is -0.120. The number of para-hydroxylation sites is 1. The number of Topliss-reactive ketones (excluding diaryl/α,β-unsaturated/α-hetero) is 1. The van der Waals surface area contributed by atoms with Crippen LogP contribution in [0.3, 0.4) is 0 Å². The van der Waals surface area contributed by atoms with Gasteiger partial charge in [0.05, 0.1) is 36.2 Å². The highest BCUT2D eigenvalue weighted by molar-refractivity contribution is 6.20. The van der Waals surface area contributed by atoms with Gasteiger partial charge >= 0.3 is 6.03 Å². The molecule has 0 saturated heterocycles. The molecule has 0 aliphatic carbocycles. The van der Waals surface area contributed by atoms with Crippen LogP contribution in [0.25, 0.3) is 0 Å². The van der Waals surface area contributed by atoms with Crippen molar-refractivity contribution in [1.29, 1.82) is 0 Å². The molecular formula is C29H26N6O3. The second-order valence-corrected chi connectivity index (χ2v) is 9.04. The summed E-state index contributed by atoms with van der Waals surface area (Å²) in [5, 5.41) is 5.43. The van der Waals surface area contributed by atoms with Crippen molar-refractivity contribution in [3.63, 3.8) is 0 Å². The zero-order chi connectivity index (χ0) is 26.6. The number of benzodiazepines with no additional fused rings is 1. The summed E-state index contributed by atoms with van der Waals surface area (Å²) in [6.45, 7) is 3.64. The van der Waals surface area contributed by atoms with Gasteiger partial charge in [0, 0.05) is 16.8 Å². The lowest BCUT2D eigenvalue weighted by atomic mass is 10.0. The Morgan fingerprint density at radius 3 is 2.50 bits per heavy atom. The number of nitrogens with zero attached hydrogens (tertiary/aromatic N) is 3. The zero-order valence-corrected chi connectivity index (χ0v) is 20.9. The fourth-order valence-electron chi connectivity index (χ4n) is 4.28. The molecule has 2 heterocycles. The lowest BCUT2D eigenvalue weighted by Crippen LogP contribution is -2.49. The molecule has 0 radical (unpaired) electrons. The molecule has 190 valence electrons. The van der Waals surface area contributed by atoms with E-state index in [-0.39, 0.29) is 12.3 Å². The van der Waals surface area contributed by atoms with Crippen LogP contribution in [0.1, 0.15) is 32.7 Å². The fourth-order valence-corrected chi connectivity index (χ4v) is 4.28. The number of aryl methyl sites for hydroxylation is 2. The van der Waals surface area contributed by atoms with Crippen LogP contribution in [0.15, 0.2) is 90.3 Å². The van der Waals surface area contributed by atoms with Gasteiger partial charge in [0.2, 0.25) is 6.17 Å². The van der Waals surface area contributed by atoms with Gasteiger partial charge in [0.15, 0.2) is 5.78 Å². The molecular weight excluding hydrogens is 480 g/mol. The molecule has 3 aromatic carbocycles. The number of imidazole rings is 1. The molecule has 0 spiro atoms. The van der Waals surface area contributed by atoms with E-state index in [1.807, 2.05) is 56.3 Å². The third-order valence-electron chi connectivity index (χ3n) is 6.18. The maximum atomic E-state index is 13.9. The van der Waals surface area contributed by atoms with Gasteiger partial charge in [0.1, 0.15) is 0 Å². The normalized spacial score (nSPS) is 14.8. The number of carbonyl (C=O) groups excluding carboxylic acids is 3. The number of aromatic amines is 1. The molecule has 1 aliphatic heterocycles. The third-order valence-corrected chi connectivity index (χ3v) is 6.18. The second kappa shape index (κ2) is 10.5. The summed E-state index contributed by atoms with van der Waals surface area (Å²) in [6, 6.07) is 21.1. The highest BCUT2D eigenvalue weighted by Gasteiger charge is 2.34. The van der Waals surface area contributed by atoms with E-state index in [0.29, 0.717) is 33.9 Å². The lowest BCUT2D eigenvalue weighted by Gasteiger charge is -2.25. The number of aliphatic imine (C=N–C) groups is 1. The molecule has 0 fully saturated rings. The maximum absolute atomic E-state index is 13.9. The molecule has 38 heavy (non-hydrogen) atoms. The molecule has 3 amide bonds. The monoisotopic (exact) mass is 506 g/mol. The number of anilines is 2. The van der Waals surface area contributed by atoms with E-state index in [1.165, 1.54) is 11.2 Å². The highest BCUT2D eigenvalue weighted by atomic mass is 16.2. The van der Waals surface area contributed by atoms with E-state index in [2.05, 4.69) is 25.6 Å². The van der Waals surface area contributed by atoms with Gasteiger partial charge in [-0.3, -0.25) is 9.59 Å². The number of rotatable bonds is 6. The molecule has 9 nitrogen and oxygen atoms in total. The van der Waals surface area contributed by atoms with Crippen LogP contribution in [0.5, 0.6) is 0 Å². The number of amides is 3. The number of benzene rings is 3. The number of carbonyl (C=O) groups is 3. The Bertz CT molecular complexity index is 1530. The van der Waals surface area contributed by atoms with Crippen molar-refractivity contribution in [2.75, 3.05) is 16.8 Å². The number of aromatic nitrogens is 2. The number of hydrogen-bond donors (Lipinski definition) is 3. The van der Waals surface area contributed by atoms with Crippen molar-refractivity contribution in [3.8, 4) is 0 Å². The number of fused-ring (bicyclic) bond motifs is 1. The van der Waals surface area contributed by atoms with Crippen LogP contribution in [0.4, 0.5) is 16.2 Å². The van der Waals surface area contributed by atoms with Gasteiger partial charge in [-0.25, -0.2) is 14.8 Å². The van der Waals surface area contributed by atoms with Crippen LogP contribution >= 0.6 is 0 Å². The predicted molar refractivity (Wildman–Crippen MR) is 146 cm³/mol. The Morgan fingerprint density at radius 2 is 1.76 bits per heavy atom. The quantitative estimate of drug-likeness (QED) is 0.339. The van der Waals surface area contributed by atoms with Crippen molar-refractivity contribution in [2.45, 2.75) is 20.0 Å². The van der Waals surface area contributed by atoms with Crippen molar-refractivity contribution >= 4 is 34.8 Å². The van der Waals surface area contributed by atoms with Crippen molar-refractivity contribution in [1.82, 2.24) is 15.3 Å².